The highest BCUT2D eigenvalue weighted by Gasteiger charge is 2.32. The lowest BCUT2D eigenvalue weighted by Gasteiger charge is -2.29. The highest BCUT2D eigenvalue weighted by Crippen LogP contribution is 2.20. The summed E-state index contributed by atoms with van der Waals surface area (Å²) in [5.41, 5.74) is 0. The molecule has 3 nitrogen and oxygen atoms in total. The Morgan fingerprint density at radius 3 is 2.44 bits per heavy atom. The summed E-state index contributed by atoms with van der Waals surface area (Å²) in [6.45, 7) is 10.5. The van der Waals surface area contributed by atoms with E-state index >= 15 is 0 Å². The number of carbonyl (C=O) groups is 1. The number of hydrogen-bond acceptors (Lipinski definition) is 2. The van der Waals surface area contributed by atoms with Crippen molar-refractivity contribution in [2.45, 2.75) is 40.2 Å². The van der Waals surface area contributed by atoms with Gasteiger partial charge in [0.05, 0.1) is 5.92 Å². The molecule has 1 aliphatic rings. The van der Waals surface area contributed by atoms with Crippen molar-refractivity contribution in [2.75, 3.05) is 20.1 Å². The molecule has 0 aromatic carbocycles. The van der Waals surface area contributed by atoms with Crippen LogP contribution in [0.15, 0.2) is 0 Å². The van der Waals surface area contributed by atoms with Gasteiger partial charge in [0.2, 0.25) is 5.91 Å². The van der Waals surface area contributed by atoms with E-state index in [1.807, 2.05) is 11.9 Å². The van der Waals surface area contributed by atoms with E-state index in [-0.39, 0.29) is 5.92 Å². The van der Waals surface area contributed by atoms with Crippen molar-refractivity contribution in [3.63, 3.8) is 0 Å². The van der Waals surface area contributed by atoms with Crippen LogP contribution in [0.4, 0.5) is 0 Å². The average molecular weight is 226 g/mol. The fourth-order valence-corrected chi connectivity index (χ4v) is 2.46. The topological polar surface area (TPSA) is 32.3 Å². The minimum absolute atomic E-state index is 0.180. The second kappa shape index (κ2) is 5.67. The number of carbonyl (C=O) groups excluding carboxylic acids is 1. The first-order valence-corrected chi connectivity index (χ1v) is 6.40. The molecular weight excluding hydrogens is 200 g/mol. The van der Waals surface area contributed by atoms with Gasteiger partial charge < -0.3 is 10.2 Å². The minimum atomic E-state index is 0.180. The van der Waals surface area contributed by atoms with E-state index in [0.29, 0.717) is 23.8 Å². The molecule has 0 bridgehead atoms. The predicted octanol–water partition coefficient (Wildman–Crippen LogP) is 1.73. The zero-order chi connectivity index (χ0) is 12.3. The van der Waals surface area contributed by atoms with Crippen LogP contribution in [0.5, 0.6) is 0 Å². The summed E-state index contributed by atoms with van der Waals surface area (Å²) in [6, 6.07) is 0.347. The summed E-state index contributed by atoms with van der Waals surface area (Å²) < 4.78 is 0. The molecule has 1 saturated heterocycles. The van der Waals surface area contributed by atoms with Gasteiger partial charge in [0.1, 0.15) is 0 Å². The minimum Gasteiger partial charge on any atom is -0.343 e. The molecule has 0 aliphatic carbocycles. The Morgan fingerprint density at radius 2 is 2.00 bits per heavy atom. The predicted molar refractivity (Wildman–Crippen MR) is 67.2 cm³/mol. The second-order valence-corrected chi connectivity index (χ2v) is 5.67. The van der Waals surface area contributed by atoms with E-state index in [1.54, 1.807) is 0 Å². The molecular formula is C13H26N2O. The van der Waals surface area contributed by atoms with E-state index < -0.39 is 0 Å². The number of nitrogens with one attached hydrogen (secondary N) is 1. The van der Waals surface area contributed by atoms with E-state index in [9.17, 15) is 4.79 Å². The van der Waals surface area contributed by atoms with Crippen LogP contribution >= 0.6 is 0 Å². The van der Waals surface area contributed by atoms with E-state index in [2.05, 4.69) is 33.0 Å². The molecule has 1 N–H and O–H groups in total. The first kappa shape index (κ1) is 13.5. The fraction of sp³-hybridized carbons (Fsp3) is 0.923. The Balaban J connectivity index is 2.52. The van der Waals surface area contributed by atoms with Crippen LogP contribution in [0.1, 0.15) is 34.1 Å². The number of amides is 1. The van der Waals surface area contributed by atoms with Gasteiger partial charge >= 0.3 is 0 Å². The van der Waals surface area contributed by atoms with Crippen molar-refractivity contribution in [1.82, 2.24) is 10.2 Å². The van der Waals surface area contributed by atoms with Gasteiger partial charge in [0.15, 0.2) is 0 Å². The monoisotopic (exact) mass is 226 g/mol. The maximum Gasteiger partial charge on any atom is 0.227 e. The van der Waals surface area contributed by atoms with Crippen molar-refractivity contribution in [1.29, 1.82) is 0 Å². The summed E-state index contributed by atoms with van der Waals surface area (Å²) in [4.78, 5) is 14.2. The Morgan fingerprint density at radius 1 is 1.38 bits per heavy atom. The van der Waals surface area contributed by atoms with Crippen LogP contribution in [-0.2, 0) is 4.79 Å². The van der Waals surface area contributed by atoms with E-state index in [0.717, 1.165) is 19.5 Å². The molecule has 3 atom stereocenters. The van der Waals surface area contributed by atoms with Gasteiger partial charge in [-0.1, -0.05) is 20.8 Å². The van der Waals surface area contributed by atoms with Gasteiger partial charge in [-0.2, -0.15) is 0 Å². The molecule has 0 saturated carbocycles. The maximum atomic E-state index is 12.3. The van der Waals surface area contributed by atoms with Crippen LogP contribution in [-0.4, -0.2) is 37.0 Å². The van der Waals surface area contributed by atoms with Gasteiger partial charge in [-0.25, -0.2) is 0 Å². The lowest BCUT2D eigenvalue weighted by atomic mass is 9.95. The molecule has 94 valence electrons. The molecule has 0 aromatic heterocycles. The van der Waals surface area contributed by atoms with Crippen molar-refractivity contribution < 1.29 is 4.79 Å². The van der Waals surface area contributed by atoms with Crippen LogP contribution in [0.25, 0.3) is 0 Å². The lowest BCUT2D eigenvalue weighted by molar-refractivity contribution is -0.136. The first-order valence-electron chi connectivity index (χ1n) is 6.40. The summed E-state index contributed by atoms with van der Waals surface area (Å²) in [7, 11) is 1.94. The summed E-state index contributed by atoms with van der Waals surface area (Å²) in [5, 5.41) is 3.29. The van der Waals surface area contributed by atoms with Gasteiger partial charge in [-0.05, 0) is 31.7 Å². The maximum absolute atomic E-state index is 12.3. The molecule has 1 amide bonds. The van der Waals surface area contributed by atoms with Gasteiger partial charge in [0.25, 0.3) is 0 Å². The molecule has 1 heterocycles. The highest BCUT2D eigenvalue weighted by molar-refractivity contribution is 5.79. The fourth-order valence-electron chi connectivity index (χ4n) is 2.46. The smallest absolute Gasteiger partial charge is 0.227 e. The quantitative estimate of drug-likeness (QED) is 0.792. The number of hydrogen-bond donors (Lipinski definition) is 1. The van der Waals surface area contributed by atoms with E-state index in [4.69, 9.17) is 0 Å². The SMILES string of the molecule is CC(C)CC(C)N(C)C(=O)[C@@H]1CNC[C@H]1C. The first-order chi connectivity index (χ1) is 7.43. The molecule has 1 rings (SSSR count). The van der Waals surface area contributed by atoms with Crippen molar-refractivity contribution in [2.24, 2.45) is 17.8 Å². The standard InChI is InChI=1S/C13H26N2O/c1-9(2)6-11(4)15(5)13(16)12-8-14-7-10(12)3/h9-12,14H,6-8H2,1-5H3/t10-,11?,12-/m1/s1. The molecule has 16 heavy (non-hydrogen) atoms. The van der Waals surface area contributed by atoms with Crippen molar-refractivity contribution >= 4 is 5.91 Å². The second-order valence-electron chi connectivity index (χ2n) is 5.67. The molecule has 1 fully saturated rings. The zero-order valence-electron chi connectivity index (χ0n) is 11.3. The molecule has 0 radical (unpaired) electrons. The van der Waals surface area contributed by atoms with Gasteiger partial charge in [-0.3, -0.25) is 4.79 Å². The Kier molecular flexibility index (Phi) is 4.78. The highest BCUT2D eigenvalue weighted by atomic mass is 16.2. The number of nitrogens with zero attached hydrogens (tertiary/aromatic N) is 1. The summed E-state index contributed by atoms with van der Waals surface area (Å²) >= 11 is 0. The van der Waals surface area contributed by atoms with Gasteiger partial charge in [-0.15, -0.1) is 0 Å². The molecule has 1 unspecified atom stereocenters. The Bertz CT molecular complexity index is 240. The third-order valence-corrected chi connectivity index (χ3v) is 3.66. The number of rotatable bonds is 4. The van der Waals surface area contributed by atoms with E-state index in [1.165, 1.54) is 0 Å². The third-order valence-electron chi connectivity index (χ3n) is 3.66. The van der Waals surface area contributed by atoms with Crippen molar-refractivity contribution in [3.05, 3.63) is 0 Å². The average Bonchev–Trinajstić information content (AvgIpc) is 2.61. The molecule has 3 heteroatoms. The zero-order valence-corrected chi connectivity index (χ0v) is 11.3. The summed E-state index contributed by atoms with van der Waals surface area (Å²) in [6.07, 6.45) is 1.08. The molecule has 0 spiro atoms. The normalized spacial score (nSPS) is 27.1. The Hall–Kier alpha value is -0.570. The van der Waals surface area contributed by atoms with Gasteiger partial charge in [0, 0.05) is 19.6 Å². The molecule has 1 aliphatic heterocycles. The van der Waals surface area contributed by atoms with Crippen molar-refractivity contribution in [3.8, 4) is 0 Å². The Labute approximate surface area is 99.6 Å². The van der Waals surface area contributed by atoms with Crippen LogP contribution in [0.2, 0.25) is 0 Å². The lowest BCUT2D eigenvalue weighted by Crippen LogP contribution is -2.41. The van der Waals surface area contributed by atoms with Crippen LogP contribution in [0.3, 0.4) is 0 Å². The summed E-state index contributed by atoms with van der Waals surface area (Å²) in [5.74, 6) is 1.61. The van der Waals surface area contributed by atoms with Crippen LogP contribution < -0.4 is 5.32 Å². The van der Waals surface area contributed by atoms with Crippen LogP contribution in [0, 0.1) is 17.8 Å². The molecule has 0 aromatic rings. The third kappa shape index (κ3) is 3.21. The largest absolute Gasteiger partial charge is 0.343 e.